The first-order valence-electron chi connectivity index (χ1n) is 14.3. The number of aryl methyl sites for hydroxylation is 1. The van der Waals surface area contributed by atoms with Crippen molar-refractivity contribution in [2.75, 3.05) is 13.6 Å². The Balaban J connectivity index is 0.000000201. The van der Waals surface area contributed by atoms with Crippen LogP contribution in [0, 0.1) is 5.92 Å². The number of rotatable bonds is 8. The van der Waals surface area contributed by atoms with E-state index in [1.165, 1.54) is 67.7 Å². The van der Waals surface area contributed by atoms with E-state index in [9.17, 15) is 4.79 Å². The number of amides is 1. The second kappa shape index (κ2) is 17.8. The van der Waals surface area contributed by atoms with Crippen LogP contribution in [-0.2, 0) is 17.6 Å². The maximum Gasteiger partial charge on any atom is 0.226 e. The minimum Gasteiger partial charge on any atom is -0.345 e. The summed E-state index contributed by atoms with van der Waals surface area (Å²) in [4.78, 5) is 13.7. The van der Waals surface area contributed by atoms with Gasteiger partial charge in [0.25, 0.3) is 0 Å². The molecule has 1 amide bonds. The number of fused-ring (bicyclic) bond motifs is 1. The first-order chi connectivity index (χ1) is 17.6. The lowest BCUT2D eigenvalue weighted by Crippen LogP contribution is -2.29. The number of unbranched alkanes of at least 4 members (excludes halogenated alkanes) is 2. The molecule has 36 heavy (non-hydrogen) atoms. The third-order valence-corrected chi connectivity index (χ3v) is 7.25. The number of carbonyl (C=O) groups excluding carboxylic acids is 1. The van der Waals surface area contributed by atoms with Gasteiger partial charge in [0.1, 0.15) is 0 Å². The van der Waals surface area contributed by atoms with Crippen LogP contribution in [0.15, 0.2) is 72.8 Å². The summed E-state index contributed by atoms with van der Waals surface area (Å²) in [5.41, 5.74) is 2.50. The van der Waals surface area contributed by atoms with E-state index < -0.39 is 0 Å². The van der Waals surface area contributed by atoms with Crippen LogP contribution < -0.4 is 0 Å². The normalized spacial score (nSPS) is 13.2. The Morgan fingerprint density at radius 2 is 1.44 bits per heavy atom. The van der Waals surface area contributed by atoms with Gasteiger partial charge in [0.2, 0.25) is 5.91 Å². The highest BCUT2D eigenvalue weighted by molar-refractivity contribution is 5.83. The van der Waals surface area contributed by atoms with Gasteiger partial charge in [0.15, 0.2) is 0 Å². The topological polar surface area (TPSA) is 20.3 Å². The van der Waals surface area contributed by atoms with Gasteiger partial charge in [0, 0.05) is 13.6 Å². The molecule has 0 spiro atoms. The summed E-state index contributed by atoms with van der Waals surface area (Å²) in [5.74, 6) is 1.30. The first kappa shape index (κ1) is 29.6. The fourth-order valence-corrected chi connectivity index (χ4v) is 4.68. The van der Waals surface area contributed by atoms with Crippen LogP contribution in [0.5, 0.6) is 0 Å². The van der Waals surface area contributed by atoms with Crippen LogP contribution in [0.25, 0.3) is 10.8 Å². The van der Waals surface area contributed by atoms with Gasteiger partial charge in [-0.3, -0.25) is 4.79 Å². The van der Waals surface area contributed by atoms with Crippen molar-refractivity contribution >= 4 is 16.7 Å². The van der Waals surface area contributed by atoms with Crippen molar-refractivity contribution in [3.63, 3.8) is 0 Å². The van der Waals surface area contributed by atoms with Crippen LogP contribution in [0.2, 0.25) is 0 Å². The number of carbonyl (C=O) groups is 1. The molecule has 1 aliphatic carbocycles. The summed E-state index contributed by atoms with van der Waals surface area (Å²) in [5, 5.41) is 2.67. The van der Waals surface area contributed by atoms with E-state index >= 15 is 0 Å². The van der Waals surface area contributed by atoms with Gasteiger partial charge < -0.3 is 4.90 Å². The van der Waals surface area contributed by atoms with Crippen LogP contribution in [-0.4, -0.2) is 24.4 Å². The maximum atomic E-state index is 11.8. The molecule has 3 aromatic carbocycles. The average molecular weight is 488 g/mol. The van der Waals surface area contributed by atoms with Crippen LogP contribution in [0.4, 0.5) is 0 Å². The van der Waals surface area contributed by atoms with Gasteiger partial charge in [-0.1, -0.05) is 145 Å². The second-order valence-corrected chi connectivity index (χ2v) is 10.1. The molecule has 3 aromatic rings. The minimum atomic E-state index is 0.210. The summed E-state index contributed by atoms with van der Waals surface area (Å²) in [6.45, 7) is 7.55. The minimum absolute atomic E-state index is 0.210. The Kier molecular flexibility index (Phi) is 14.6. The van der Waals surface area contributed by atoms with Crippen molar-refractivity contribution < 1.29 is 4.79 Å². The van der Waals surface area contributed by atoms with Gasteiger partial charge >= 0.3 is 0 Å². The van der Waals surface area contributed by atoms with Gasteiger partial charge in [-0.05, 0) is 40.7 Å². The predicted molar refractivity (Wildman–Crippen MR) is 157 cm³/mol. The van der Waals surface area contributed by atoms with Gasteiger partial charge in [-0.15, -0.1) is 0 Å². The SMILES string of the molecule is CCC1CCCCC1.CCCCCN(C)C(=O)Cc1ccccc1.CCc1ccc2ccccc2c1. The molecular weight excluding hydrogens is 438 g/mol. The number of likely N-dealkylation sites (N-methyl/N-ethyl adjacent to an activating group) is 1. The van der Waals surface area contributed by atoms with E-state index in [1.54, 1.807) is 0 Å². The number of nitrogens with zero attached hydrogens (tertiary/aromatic N) is 1. The molecular formula is C34H49NO. The summed E-state index contributed by atoms with van der Waals surface area (Å²) in [6, 6.07) is 25.0. The Bertz CT molecular complexity index is 975. The molecule has 2 nitrogen and oxygen atoms in total. The molecule has 0 heterocycles. The molecule has 1 saturated carbocycles. The molecule has 0 N–H and O–H groups in total. The summed E-state index contributed by atoms with van der Waals surface area (Å²) >= 11 is 0. The molecule has 0 aromatic heterocycles. The van der Waals surface area contributed by atoms with E-state index in [0.717, 1.165) is 30.9 Å². The highest BCUT2D eigenvalue weighted by atomic mass is 16.2. The quantitative estimate of drug-likeness (QED) is 0.290. The summed E-state index contributed by atoms with van der Waals surface area (Å²) in [6.07, 6.45) is 14.1. The molecule has 0 aliphatic heterocycles. The average Bonchev–Trinajstić information content (AvgIpc) is 2.94. The molecule has 0 atom stereocenters. The fourth-order valence-electron chi connectivity index (χ4n) is 4.68. The van der Waals surface area contributed by atoms with E-state index in [4.69, 9.17) is 0 Å². The Hall–Kier alpha value is -2.61. The van der Waals surface area contributed by atoms with Gasteiger partial charge in [0.05, 0.1) is 6.42 Å². The summed E-state index contributed by atoms with van der Waals surface area (Å²) < 4.78 is 0. The Morgan fingerprint density at radius 3 is 2.06 bits per heavy atom. The highest BCUT2D eigenvalue weighted by Gasteiger charge is 2.10. The largest absolute Gasteiger partial charge is 0.345 e. The number of hydrogen-bond acceptors (Lipinski definition) is 1. The highest BCUT2D eigenvalue weighted by Crippen LogP contribution is 2.25. The van der Waals surface area contributed by atoms with Crippen molar-refractivity contribution in [2.24, 2.45) is 5.92 Å². The third kappa shape index (κ3) is 11.4. The van der Waals surface area contributed by atoms with Crippen molar-refractivity contribution in [1.29, 1.82) is 0 Å². The Labute approximate surface area is 221 Å². The zero-order chi connectivity index (χ0) is 26.0. The number of benzene rings is 3. The first-order valence-corrected chi connectivity index (χ1v) is 14.3. The molecule has 196 valence electrons. The maximum absolute atomic E-state index is 11.8. The van der Waals surface area contributed by atoms with Crippen LogP contribution in [0.3, 0.4) is 0 Å². The lowest BCUT2D eigenvalue weighted by Gasteiger charge is -2.18. The van der Waals surface area contributed by atoms with Gasteiger partial charge in [-0.2, -0.15) is 0 Å². The van der Waals surface area contributed by atoms with Crippen molar-refractivity contribution in [1.82, 2.24) is 4.90 Å². The molecule has 0 unspecified atom stereocenters. The van der Waals surface area contributed by atoms with Crippen LogP contribution >= 0.6 is 0 Å². The zero-order valence-corrected chi connectivity index (χ0v) is 23.3. The monoisotopic (exact) mass is 487 g/mol. The van der Waals surface area contributed by atoms with Crippen molar-refractivity contribution in [3.8, 4) is 0 Å². The fraction of sp³-hybridized carbons (Fsp3) is 0.500. The predicted octanol–water partition coefficient (Wildman–Crippen LogP) is 9.26. The molecule has 0 radical (unpaired) electrons. The second-order valence-electron chi connectivity index (χ2n) is 10.1. The van der Waals surface area contributed by atoms with Gasteiger partial charge in [-0.25, -0.2) is 0 Å². The standard InChI is InChI=1S/C14H21NO.C12H12.C8H16/c1-3-4-8-11-15(2)14(16)12-13-9-6-5-7-10-13;1-2-10-7-8-11-5-3-4-6-12(11)9-10;1-2-8-6-4-3-5-7-8/h5-7,9-10H,3-4,8,11-12H2,1-2H3;3-9H,2H2,1H3;8H,2-7H2,1H3. The van der Waals surface area contributed by atoms with E-state index in [0.29, 0.717) is 6.42 Å². The molecule has 2 heteroatoms. The third-order valence-electron chi connectivity index (χ3n) is 7.25. The molecule has 1 aliphatic rings. The van der Waals surface area contributed by atoms with Crippen LogP contribution in [0.1, 0.15) is 89.7 Å². The Morgan fingerprint density at radius 1 is 0.778 bits per heavy atom. The molecule has 0 saturated heterocycles. The molecule has 0 bridgehead atoms. The van der Waals surface area contributed by atoms with E-state index in [2.05, 4.69) is 63.2 Å². The molecule has 4 rings (SSSR count). The lowest BCUT2D eigenvalue weighted by atomic mass is 9.88. The molecule has 1 fully saturated rings. The zero-order valence-electron chi connectivity index (χ0n) is 23.3. The summed E-state index contributed by atoms with van der Waals surface area (Å²) in [7, 11) is 1.89. The lowest BCUT2D eigenvalue weighted by molar-refractivity contribution is -0.129. The van der Waals surface area contributed by atoms with Crippen molar-refractivity contribution in [2.45, 2.75) is 91.4 Å². The van der Waals surface area contributed by atoms with E-state index in [1.807, 2.05) is 42.3 Å². The van der Waals surface area contributed by atoms with E-state index in [-0.39, 0.29) is 5.91 Å². The smallest absolute Gasteiger partial charge is 0.226 e. The number of hydrogen-bond donors (Lipinski definition) is 0. The van der Waals surface area contributed by atoms with Crippen molar-refractivity contribution in [3.05, 3.63) is 83.9 Å².